The minimum atomic E-state index is -1.11. The Hall–Kier alpha value is -2.93. The summed E-state index contributed by atoms with van der Waals surface area (Å²) in [6, 6.07) is 10.9. The summed E-state index contributed by atoms with van der Waals surface area (Å²) in [6.45, 7) is 4.90. The zero-order valence-corrected chi connectivity index (χ0v) is 16.8. The van der Waals surface area contributed by atoms with Crippen LogP contribution in [0.1, 0.15) is 44.0 Å². The maximum absolute atomic E-state index is 12.9. The molecule has 7 heteroatoms. The van der Waals surface area contributed by atoms with Crippen LogP contribution in [0.4, 0.5) is 0 Å². The van der Waals surface area contributed by atoms with E-state index in [-0.39, 0.29) is 12.3 Å². The van der Waals surface area contributed by atoms with Gasteiger partial charge in [0.1, 0.15) is 5.52 Å². The molecule has 0 spiro atoms. The van der Waals surface area contributed by atoms with E-state index in [9.17, 15) is 9.90 Å². The summed E-state index contributed by atoms with van der Waals surface area (Å²) in [5.74, 6) is 0.296. The maximum atomic E-state index is 12.9. The van der Waals surface area contributed by atoms with Crippen LogP contribution in [0.2, 0.25) is 0 Å². The molecule has 152 valence electrons. The highest BCUT2D eigenvalue weighted by molar-refractivity contribution is 5.85. The van der Waals surface area contributed by atoms with Crippen LogP contribution in [-0.4, -0.2) is 38.0 Å². The number of aliphatic hydroxyl groups is 1. The van der Waals surface area contributed by atoms with E-state index in [1.54, 1.807) is 13.1 Å². The van der Waals surface area contributed by atoms with Crippen LogP contribution in [0.25, 0.3) is 10.9 Å². The van der Waals surface area contributed by atoms with Gasteiger partial charge in [0, 0.05) is 11.9 Å². The third-order valence-electron chi connectivity index (χ3n) is 5.40. The average Bonchev–Trinajstić information content (AvgIpc) is 3.12. The number of aryl methyl sites for hydroxylation is 1. The highest BCUT2D eigenvalue weighted by Gasteiger charge is 2.34. The van der Waals surface area contributed by atoms with Crippen molar-refractivity contribution in [1.82, 2.24) is 20.1 Å². The first-order valence-corrected chi connectivity index (χ1v) is 10.0. The molecule has 2 atom stereocenters. The number of hydrogen-bond donors (Lipinski definition) is 2. The highest BCUT2D eigenvalue weighted by atomic mass is 16.5. The number of nitrogens with one attached hydrogen (secondary N) is 1. The molecule has 2 N–H and O–H groups in total. The van der Waals surface area contributed by atoms with Crippen LogP contribution in [0.5, 0.6) is 5.88 Å². The van der Waals surface area contributed by atoms with Gasteiger partial charge in [-0.15, -0.1) is 0 Å². The van der Waals surface area contributed by atoms with Gasteiger partial charge < -0.3 is 15.2 Å². The Morgan fingerprint density at radius 2 is 2.14 bits per heavy atom. The molecule has 0 unspecified atom stereocenters. The largest absolute Gasteiger partial charge is 0.476 e. The summed E-state index contributed by atoms with van der Waals surface area (Å²) in [5.41, 5.74) is 1.22. The molecule has 0 fully saturated rings. The minimum Gasteiger partial charge on any atom is -0.476 e. The molecule has 0 saturated carbocycles. The number of benzene rings is 1. The lowest BCUT2D eigenvalue weighted by molar-refractivity contribution is -0.123. The summed E-state index contributed by atoms with van der Waals surface area (Å²) >= 11 is 0. The van der Waals surface area contributed by atoms with E-state index in [2.05, 4.69) is 15.4 Å². The van der Waals surface area contributed by atoms with Crippen molar-refractivity contribution in [3.8, 4) is 5.88 Å². The number of ether oxygens (including phenoxy) is 1. The molecule has 2 aromatic heterocycles. The monoisotopic (exact) mass is 394 g/mol. The third-order valence-corrected chi connectivity index (χ3v) is 5.40. The lowest BCUT2D eigenvalue weighted by Crippen LogP contribution is -2.45. The Labute approximate surface area is 169 Å². The Morgan fingerprint density at radius 3 is 2.90 bits per heavy atom. The van der Waals surface area contributed by atoms with Gasteiger partial charge in [-0.2, -0.15) is 5.10 Å². The summed E-state index contributed by atoms with van der Waals surface area (Å²) in [7, 11) is 0. The van der Waals surface area contributed by atoms with E-state index < -0.39 is 11.6 Å². The summed E-state index contributed by atoms with van der Waals surface area (Å²) in [5, 5.41) is 19.5. The van der Waals surface area contributed by atoms with Crippen LogP contribution in [-0.2, 0) is 17.8 Å². The fraction of sp³-hybridized carbons (Fsp3) is 0.409. The van der Waals surface area contributed by atoms with Gasteiger partial charge >= 0.3 is 0 Å². The molecule has 3 heterocycles. The van der Waals surface area contributed by atoms with E-state index in [4.69, 9.17) is 4.74 Å². The van der Waals surface area contributed by atoms with Gasteiger partial charge in [0.05, 0.1) is 36.6 Å². The molecule has 0 aliphatic carbocycles. The van der Waals surface area contributed by atoms with Crippen molar-refractivity contribution in [2.24, 2.45) is 0 Å². The fourth-order valence-electron chi connectivity index (χ4n) is 3.93. The summed E-state index contributed by atoms with van der Waals surface area (Å²) < 4.78 is 7.83. The quantitative estimate of drug-likeness (QED) is 0.698. The van der Waals surface area contributed by atoms with Gasteiger partial charge in [-0.3, -0.25) is 9.48 Å². The van der Waals surface area contributed by atoms with Gasteiger partial charge in [0.15, 0.2) is 0 Å². The molecule has 7 nitrogen and oxygen atoms in total. The number of fused-ring (bicyclic) bond motifs is 4. The second-order valence-electron chi connectivity index (χ2n) is 7.71. The Balaban J connectivity index is 1.71. The molecule has 0 radical (unpaired) electrons. The maximum Gasteiger partial charge on any atom is 0.240 e. The Morgan fingerprint density at radius 1 is 1.34 bits per heavy atom. The van der Waals surface area contributed by atoms with Crippen molar-refractivity contribution in [2.45, 2.75) is 51.3 Å². The van der Waals surface area contributed by atoms with Crippen molar-refractivity contribution < 1.29 is 14.6 Å². The smallest absolute Gasteiger partial charge is 0.240 e. The molecular formula is C22H26N4O3. The predicted octanol–water partition coefficient (Wildman–Crippen LogP) is 2.77. The van der Waals surface area contributed by atoms with E-state index >= 15 is 0 Å². The average molecular weight is 394 g/mol. The SMILES string of the molecule is CCn1ncc2cc3nc(c21)OCCC[C@@](C)(O)[C@H](c1ccccc1)NC(=O)C3. The molecule has 2 bridgehead atoms. The van der Waals surface area contributed by atoms with Crippen molar-refractivity contribution in [3.63, 3.8) is 0 Å². The number of nitrogens with zero attached hydrogens (tertiary/aromatic N) is 3. The molecule has 4 rings (SSSR count). The van der Waals surface area contributed by atoms with Crippen LogP contribution < -0.4 is 10.1 Å². The number of rotatable bonds is 2. The Bertz CT molecular complexity index is 1010. The molecule has 1 aromatic carbocycles. The summed E-state index contributed by atoms with van der Waals surface area (Å²) in [4.78, 5) is 17.4. The number of amides is 1. The first-order chi connectivity index (χ1) is 14.0. The number of carbonyl (C=O) groups is 1. The first-order valence-electron chi connectivity index (χ1n) is 10.0. The second-order valence-corrected chi connectivity index (χ2v) is 7.71. The lowest BCUT2D eigenvalue weighted by atomic mass is 9.86. The van der Waals surface area contributed by atoms with Crippen LogP contribution in [0, 0.1) is 0 Å². The van der Waals surface area contributed by atoms with Crippen molar-refractivity contribution in [2.75, 3.05) is 6.61 Å². The van der Waals surface area contributed by atoms with Crippen molar-refractivity contribution in [3.05, 3.63) is 53.9 Å². The minimum absolute atomic E-state index is 0.100. The van der Waals surface area contributed by atoms with E-state index in [0.29, 0.717) is 37.6 Å². The van der Waals surface area contributed by atoms with Gasteiger partial charge in [-0.1, -0.05) is 30.3 Å². The van der Waals surface area contributed by atoms with Crippen LogP contribution in [0.3, 0.4) is 0 Å². The van der Waals surface area contributed by atoms with Crippen molar-refractivity contribution in [1.29, 1.82) is 0 Å². The van der Waals surface area contributed by atoms with Gasteiger partial charge in [-0.05, 0) is 38.3 Å². The van der Waals surface area contributed by atoms with E-state index in [1.807, 2.05) is 48.0 Å². The zero-order valence-electron chi connectivity index (χ0n) is 16.8. The van der Waals surface area contributed by atoms with Gasteiger partial charge in [-0.25, -0.2) is 4.98 Å². The van der Waals surface area contributed by atoms with Crippen molar-refractivity contribution >= 4 is 16.8 Å². The molecule has 0 saturated heterocycles. The normalized spacial score (nSPS) is 23.0. The molecule has 1 aliphatic heterocycles. The number of aromatic nitrogens is 3. The zero-order chi connectivity index (χ0) is 20.4. The lowest BCUT2D eigenvalue weighted by Gasteiger charge is -2.34. The number of pyridine rings is 1. The van der Waals surface area contributed by atoms with Gasteiger partial charge in [0.25, 0.3) is 0 Å². The topological polar surface area (TPSA) is 89.3 Å². The van der Waals surface area contributed by atoms with E-state index in [1.165, 1.54) is 0 Å². The summed E-state index contributed by atoms with van der Waals surface area (Å²) in [6.07, 6.45) is 2.98. The molecule has 1 amide bonds. The third kappa shape index (κ3) is 3.96. The van der Waals surface area contributed by atoms with Crippen LogP contribution in [0.15, 0.2) is 42.6 Å². The van der Waals surface area contributed by atoms with Crippen LogP contribution >= 0.6 is 0 Å². The first kappa shape index (κ1) is 19.4. The Kier molecular flexibility index (Phi) is 5.24. The van der Waals surface area contributed by atoms with E-state index in [0.717, 1.165) is 16.5 Å². The molecule has 29 heavy (non-hydrogen) atoms. The number of hydrogen-bond acceptors (Lipinski definition) is 5. The standard InChI is InChI=1S/C22H26N4O3/c1-3-26-19-16(14-23-26)12-17-13-18(27)25-20(15-8-5-4-6-9-15)22(2,28)10-7-11-29-21(19)24-17/h4-6,8-9,12,14,20,28H,3,7,10-11,13H2,1-2H3,(H,25,27)/t20-,22+/m0/s1. The molecule has 1 aliphatic rings. The second kappa shape index (κ2) is 7.83. The molecule has 3 aromatic rings. The highest BCUT2D eigenvalue weighted by Crippen LogP contribution is 2.31. The van der Waals surface area contributed by atoms with Gasteiger partial charge in [0.2, 0.25) is 11.8 Å². The fourth-order valence-corrected chi connectivity index (χ4v) is 3.93. The predicted molar refractivity (Wildman–Crippen MR) is 110 cm³/mol. The molecular weight excluding hydrogens is 368 g/mol. The number of carbonyl (C=O) groups excluding carboxylic acids is 1.